The zero-order valence-corrected chi connectivity index (χ0v) is 12.5. The van der Waals surface area contributed by atoms with Crippen LogP contribution in [0.2, 0.25) is 0 Å². The summed E-state index contributed by atoms with van der Waals surface area (Å²) >= 11 is 0. The number of amides is 1. The lowest BCUT2D eigenvalue weighted by Gasteiger charge is -2.18. The van der Waals surface area contributed by atoms with E-state index in [4.69, 9.17) is 14.2 Å². The summed E-state index contributed by atoms with van der Waals surface area (Å²) in [5.41, 5.74) is 1.05. The van der Waals surface area contributed by atoms with Gasteiger partial charge in [0.2, 0.25) is 0 Å². The average Bonchev–Trinajstić information content (AvgIpc) is 2.59. The van der Waals surface area contributed by atoms with Crippen molar-refractivity contribution < 1.29 is 23.8 Å². The summed E-state index contributed by atoms with van der Waals surface area (Å²) in [5.74, 6) is 1.29. The van der Waals surface area contributed by atoms with E-state index in [1.807, 2.05) is 0 Å². The minimum Gasteiger partial charge on any atom is -0.497 e. The SMILES string of the molecule is COc1cccc(C(=O)COc2ccc3c(c2)NC(=O)CO3)c1. The fourth-order valence-corrected chi connectivity index (χ4v) is 2.18. The second-order valence-electron chi connectivity index (χ2n) is 4.94. The van der Waals surface area contributed by atoms with Crippen LogP contribution in [0.4, 0.5) is 5.69 Å². The number of methoxy groups -OCH3 is 1. The molecule has 118 valence electrons. The summed E-state index contributed by atoms with van der Waals surface area (Å²) in [5, 5.41) is 2.69. The molecule has 0 unspecified atom stereocenters. The number of fused-ring (bicyclic) bond motifs is 1. The van der Waals surface area contributed by atoms with Crippen molar-refractivity contribution in [3.05, 3.63) is 48.0 Å². The molecular weight excluding hydrogens is 298 g/mol. The molecule has 2 aromatic carbocycles. The minimum absolute atomic E-state index is 0.00152. The highest BCUT2D eigenvalue weighted by Crippen LogP contribution is 2.31. The van der Waals surface area contributed by atoms with Crippen molar-refractivity contribution in [2.24, 2.45) is 0 Å². The van der Waals surface area contributed by atoms with Gasteiger partial charge in [-0.1, -0.05) is 12.1 Å². The van der Waals surface area contributed by atoms with E-state index in [0.717, 1.165) is 0 Å². The van der Waals surface area contributed by atoms with Gasteiger partial charge in [0.1, 0.15) is 17.2 Å². The van der Waals surface area contributed by atoms with Crippen molar-refractivity contribution in [2.45, 2.75) is 0 Å². The number of carbonyl (C=O) groups is 2. The molecule has 0 aromatic heterocycles. The van der Waals surface area contributed by atoms with Gasteiger partial charge in [-0.2, -0.15) is 0 Å². The van der Waals surface area contributed by atoms with Crippen molar-refractivity contribution in [1.29, 1.82) is 0 Å². The van der Waals surface area contributed by atoms with Gasteiger partial charge >= 0.3 is 0 Å². The molecule has 0 radical (unpaired) electrons. The number of nitrogens with one attached hydrogen (secondary N) is 1. The van der Waals surface area contributed by atoms with Crippen molar-refractivity contribution in [2.75, 3.05) is 25.6 Å². The molecule has 0 fully saturated rings. The fourth-order valence-electron chi connectivity index (χ4n) is 2.18. The van der Waals surface area contributed by atoms with E-state index >= 15 is 0 Å². The largest absolute Gasteiger partial charge is 0.497 e. The van der Waals surface area contributed by atoms with Gasteiger partial charge in [-0.15, -0.1) is 0 Å². The molecule has 1 amide bonds. The molecule has 1 N–H and O–H groups in total. The van der Waals surface area contributed by atoms with Crippen molar-refractivity contribution >= 4 is 17.4 Å². The number of ether oxygens (including phenoxy) is 3. The third kappa shape index (κ3) is 3.42. The van der Waals surface area contributed by atoms with Gasteiger partial charge in [-0.05, 0) is 24.3 Å². The number of benzene rings is 2. The molecule has 0 spiro atoms. The Morgan fingerprint density at radius 1 is 1.22 bits per heavy atom. The summed E-state index contributed by atoms with van der Waals surface area (Å²) in [4.78, 5) is 23.5. The van der Waals surface area contributed by atoms with Crippen LogP contribution in [0, 0.1) is 0 Å². The number of anilines is 1. The molecule has 0 saturated heterocycles. The number of hydrogen-bond acceptors (Lipinski definition) is 5. The van der Waals surface area contributed by atoms with Crippen LogP contribution in [0.5, 0.6) is 17.2 Å². The van der Waals surface area contributed by atoms with Gasteiger partial charge in [0.05, 0.1) is 12.8 Å². The first-order valence-electron chi connectivity index (χ1n) is 7.02. The number of carbonyl (C=O) groups excluding carboxylic acids is 2. The third-order valence-corrected chi connectivity index (χ3v) is 3.35. The molecule has 2 aromatic rings. The molecule has 0 atom stereocenters. The second-order valence-corrected chi connectivity index (χ2v) is 4.94. The third-order valence-electron chi connectivity index (χ3n) is 3.35. The number of Topliss-reactive ketones (excluding diaryl/α,β-unsaturated/α-hetero) is 1. The molecule has 1 heterocycles. The Kier molecular flexibility index (Phi) is 4.14. The number of rotatable bonds is 5. The zero-order chi connectivity index (χ0) is 16.2. The molecule has 1 aliphatic rings. The Hall–Kier alpha value is -3.02. The maximum absolute atomic E-state index is 12.2. The van der Waals surface area contributed by atoms with Crippen LogP contribution in [0.3, 0.4) is 0 Å². The summed E-state index contributed by atoms with van der Waals surface area (Å²) in [6.07, 6.45) is 0. The van der Waals surface area contributed by atoms with Crippen LogP contribution in [0.1, 0.15) is 10.4 Å². The summed E-state index contributed by atoms with van der Waals surface area (Å²) in [6, 6.07) is 11.9. The van der Waals surface area contributed by atoms with E-state index in [1.165, 1.54) is 0 Å². The van der Waals surface area contributed by atoms with E-state index in [9.17, 15) is 9.59 Å². The lowest BCUT2D eigenvalue weighted by Crippen LogP contribution is -2.25. The van der Waals surface area contributed by atoms with Crippen LogP contribution >= 0.6 is 0 Å². The van der Waals surface area contributed by atoms with Gasteiger partial charge in [0.15, 0.2) is 19.0 Å². The topological polar surface area (TPSA) is 73.9 Å². The first-order chi connectivity index (χ1) is 11.2. The lowest BCUT2D eigenvalue weighted by atomic mass is 10.1. The van der Waals surface area contributed by atoms with Crippen LogP contribution in [-0.4, -0.2) is 32.0 Å². The summed E-state index contributed by atoms with van der Waals surface area (Å²) in [7, 11) is 1.55. The monoisotopic (exact) mass is 313 g/mol. The highest BCUT2D eigenvalue weighted by atomic mass is 16.5. The molecular formula is C17H15NO5. The predicted octanol–water partition coefficient (Wildman–Crippen LogP) is 2.29. The van der Waals surface area contributed by atoms with Crippen molar-refractivity contribution in [3.8, 4) is 17.2 Å². The van der Waals surface area contributed by atoms with Crippen LogP contribution in [0.15, 0.2) is 42.5 Å². The first-order valence-corrected chi connectivity index (χ1v) is 7.02. The molecule has 0 saturated carbocycles. The van der Waals surface area contributed by atoms with Gasteiger partial charge in [-0.3, -0.25) is 9.59 Å². The van der Waals surface area contributed by atoms with E-state index in [1.54, 1.807) is 49.6 Å². The fraction of sp³-hybridized carbons (Fsp3) is 0.176. The maximum atomic E-state index is 12.2. The van der Waals surface area contributed by atoms with E-state index in [0.29, 0.717) is 28.5 Å². The maximum Gasteiger partial charge on any atom is 0.262 e. The van der Waals surface area contributed by atoms with E-state index in [2.05, 4.69) is 5.32 Å². The smallest absolute Gasteiger partial charge is 0.262 e. The van der Waals surface area contributed by atoms with Gasteiger partial charge < -0.3 is 19.5 Å². The molecule has 6 heteroatoms. The van der Waals surface area contributed by atoms with Gasteiger partial charge in [0.25, 0.3) is 5.91 Å². The van der Waals surface area contributed by atoms with Gasteiger partial charge in [0, 0.05) is 11.6 Å². The lowest BCUT2D eigenvalue weighted by molar-refractivity contribution is -0.118. The normalized spacial score (nSPS) is 12.7. The van der Waals surface area contributed by atoms with Crippen molar-refractivity contribution in [1.82, 2.24) is 0 Å². The number of ketones is 1. The molecule has 0 aliphatic carbocycles. The van der Waals surface area contributed by atoms with E-state index in [-0.39, 0.29) is 24.9 Å². The van der Waals surface area contributed by atoms with Crippen LogP contribution in [-0.2, 0) is 4.79 Å². The molecule has 23 heavy (non-hydrogen) atoms. The van der Waals surface area contributed by atoms with E-state index < -0.39 is 0 Å². The summed E-state index contributed by atoms with van der Waals surface area (Å²) < 4.78 is 15.9. The zero-order valence-electron chi connectivity index (χ0n) is 12.5. The highest BCUT2D eigenvalue weighted by Gasteiger charge is 2.16. The quantitative estimate of drug-likeness (QED) is 0.857. The van der Waals surface area contributed by atoms with Crippen LogP contribution in [0.25, 0.3) is 0 Å². The Morgan fingerprint density at radius 2 is 2.09 bits per heavy atom. The van der Waals surface area contributed by atoms with Crippen LogP contribution < -0.4 is 19.5 Å². The minimum atomic E-state index is -0.220. The number of hydrogen-bond donors (Lipinski definition) is 1. The Morgan fingerprint density at radius 3 is 2.91 bits per heavy atom. The Labute approximate surface area is 133 Å². The standard InChI is InChI=1S/C17H15NO5/c1-21-12-4-2-3-11(7-12)15(19)9-22-13-5-6-16-14(8-13)18-17(20)10-23-16/h2-8H,9-10H2,1H3,(H,18,20). The van der Waals surface area contributed by atoms with Crippen molar-refractivity contribution in [3.63, 3.8) is 0 Å². The molecule has 0 bridgehead atoms. The first kappa shape index (κ1) is 14.9. The highest BCUT2D eigenvalue weighted by molar-refractivity contribution is 5.98. The molecule has 1 aliphatic heterocycles. The average molecular weight is 313 g/mol. The summed E-state index contributed by atoms with van der Waals surface area (Å²) in [6.45, 7) is -0.109. The molecule has 3 rings (SSSR count). The molecule has 6 nitrogen and oxygen atoms in total. The Balaban J connectivity index is 1.67. The second kappa shape index (κ2) is 6.39. The predicted molar refractivity (Wildman–Crippen MR) is 83.4 cm³/mol. The van der Waals surface area contributed by atoms with Gasteiger partial charge in [-0.25, -0.2) is 0 Å². The Bertz CT molecular complexity index is 756.